The van der Waals surface area contributed by atoms with Crippen molar-refractivity contribution in [2.75, 3.05) is 31.9 Å². The van der Waals surface area contributed by atoms with E-state index in [9.17, 15) is 4.79 Å². The van der Waals surface area contributed by atoms with Crippen LogP contribution in [0, 0.1) is 0 Å². The lowest BCUT2D eigenvalue weighted by Crippen LogP contribution is -2.42. The Hall–Kier alpha value is -3.72. The molecule has 1 aliphatic heterocycles. The van der Waals surface area contributed by atoms with Gasteiger partial charge in [0.1, 0.15) is 17.3 Å². The zero-order valence-electron chi connectivity index (χ0n) is 20.7. The molecule has 4 N–H and O–H groups in total. The Kier molecular flexibility index (Phi) is 8.10. The van der Waals surface area contributed by atoms with E-state index in [2.05, 4.69) is 26.1 Å². The fourth-order valence-electron chi connectivity index (χ4n) is 4.50. The average Bonchev–Trinajstić information content (AvgIpc) is 3.39. The maximum absolute atomic E-state index is 12.3. The minimum Gasteiger partial charge on any atom is -0.457 e. The van der Waals surface area contributed by atoms with E-state index in [0.29, 0.717) is 5.82 Å². The van der Waals surface area contributed by atoms with Gasteiger partial charge in [0.15, 0.2) is 0 Å². The minimum atomic E-state index is -0.200. The molecule has 0 unspecified atom stereocenters. The first-order chi connectivity index (χ1) is 18.2. The number of likely N-dealkylation sites (tertiary alicyclic amines) is 1. The number of fused-ring (bicyclic) bond motifs is 1. The molecule has 2 aromatic heterocycles. The Labute approximate surface area is 220 Å². The molecular formula is C29H31N5O2S. The number of pyridine rings is 1. The van der Waals surface area contributed by atoms with Gasteiger partial charge in [0.05, 0.1) is 0 Å². The number of carbonyl (C=O) groups is 1. The third-order valence-corrected chi connectivity index (χ3v) is 7.45. The Morgan fingerprint density at radius 2 is 1.81 bits per heavy atom. The van der Waals surface area contributed by atoms with Crippen molar-refractivity contribution in [2.24, 2.45) is 0 Å². The predicted octanol–water partition coefficient (Wildman–Crippen LogP) is 5.46. The molecule has 1 aliphatic rings. The van der Waals surface area contributed by atoms with Crippen LogP contribution in [0.3, 0.4) is 0 Å². The van der Waals surface area contributed by atoms with Crippen LogP contribution < -0.4 is 21.3 Å². The van der Waals surface area contributed by atoms with Gasteiger partial charge in [0.2, 0.25) is 0 Å². The van der Waals surface area contributed by atoms with Gasteiger partial charge in [-0.2, -0.15) is 0 Å². The number of rotatable bonds is 9. The van der Waals surface area contributed by atoms with Crippen LogP contribution in [0.25, 0.3) is 27.3 Å². The summed E-state index contributed by atoms with van der Waals surface area (Å²) in [5, 5.41) is 2.97. The molecule has 0 atom stereocenters. The van der Waals surface area contributed by atoms with Crippen molar-refractivity contribution >= 4 is 39.2 Å². The number of amides is 1. The van der Waals surface area contributed by atoms with E-state index in [-0.39, 0.29) is 5.91 Å². The lowest BCUT2D eigenvalue weighted by Gasteiger charge is -2.26. The van der Waals surface area contributed by atoms with Gasteiger partial charge in [0.25, 0.3) is 5.91 Å². The van der Waals surface area contributed by atoms with Crippen LogP contribution in [0.2, 0.25) is 0 Å². The molecule has 5 rings (SSSR count). The number of ether oxygens (including phenoxy) is 1. The number of para-hydroxylation sites is 1. The molecular weight excluding hydrogens is 482 g/mol. The van der Waals surface area contributed by atoms with Crippen molar-refractivity contribution in [2.45, 2.75) is 19.3 Å². The molecule has 1 amide bonds. The fourth-order valence-corrected chi connectivity index (χ4v) is 5.58. The standard InChI is InChI=1S/C29H31N5O2S/c30-29-27-25(21-9-12-24(13-10-21)36-23-7-3-1-4-8-23)20-37-28(27)22(19-31-29)11-14-26(35)33-32-15-18-34-16-5-2-6-17-34/h1,3-4,7-14,19-20,32H,2,5-6,15-18H2,(H2,30,31)(H,33,35)/b14-11+. The molecule has 8 heteroatoms. The summed E-state index contributed by atoms with van der Waals surface area (Å²) in [6.45, 7) is 3.94. The first-order valence-corrected chi connectivity index (χ1v) is 13.5. The average molecular weight is 514 g/mol. The molecule has 1 fully saturated rings. The van der Waals surface area contributed by atoms with Crippen LogP contribution in [0.1, 0.15) is 24.8 Å². The smallest absolute Gasteiger partial charge is 0.258 e. The molecule has 37 heavy (non-hydrogen) atoms. The zero-order chi connectivity index (χ0) is 25.5. The summed E-state index contributed by atoms with van der Waals surface area (Å²) in [6, 6.07) is 17.6. The number of nitrogen functional groups attached to an aromatic ring is 1. The van der Waals surface area contributed by atoms with Crippen molar-refractivity contribution in [1.29, 1.82) is 0 Å². The summed E-state index contributed by atoms with van der Waals surface area (Å²) in [4.78, 5) is 19.2. The predicted molar refractivity (Wildman–Crippen MR) is 151 cm³/mol. The maximum atomic E-state index is 12.3. The summed E-state index contributed by atoms with van der Waals surface area (Å²) in [5.41, 5.74) is 15.0. The SMILES string of the molecule is Nc1ncc(/C=C/C(=O)NNCCN2CCCCC2)c2scc(-c3ccc(Oc4ccccc4)cc3)c12. The summed E-state index contributed by atoms with van der Waals surface area (Å²) < 4.78 is 6.91. The quantitative estimate of drug-likeness (QED) is 0.156. The normalized spacial score (nSPS) is 14.3. The second-order valence-electron chi connectivity index (χ2n) is 9.04. The minimum absolute atomic E-state index is 0.200. The van der Waals surface area contributed by atoms with Crippen molar-refractivity contribution in [3.8, 4) is 22.6 Å². The second-order valence-corrected chi connectivity index (χ2v) is 9.92. The first kappa shape index (κ1) is 25.0. The van der Waals surface area contributed by atoms with Gasteiger partial charge in [0, 0.05) is 46.6 Å². The largest absolute Gasteiger partial charge is 0.457 e. The van der Waals surface area contributed by atoms with E-state index in [0.717, 1.165) is 64.5 Å². The number of aromatic nitrogens is 1. The number of nitrogens with two attached hydrogens (primary N) is 1. The molecule has 190 valence electrons. The van der Waals surface area contributed by atoms with Crippen LogP contribution in [0.5, 0.6) is 11.5 Å². The van der Waals surface area contributed by atoms with Crippen molar-refractivity contribution in [1.82, 2.24) is 20.7 Å². The van der Waals surface area contributed by atoms with Crippen LogP contribution in [0.15, 0.2) is 72.3 Å². The van der Waals surface area contributed by atoms with Gasteiger partial charge < -0.3 is 15.4 Å². The lowest BCUT2D eigenvalue weighted by molar-refractivity contribution is -0.117. The van der Waals surface area contributed by atoms with E-state index < -0.39 is 0 Å². The molecule has 2 aromatic carbocycles. The molecule has 0 bridgehead atoms. The highest BCUT2D eigenvalue weighted by Gasteiger charge is 2.14. The number of benzene rings is 2. The summed E-state index contributed by atoms with van der Waals surface area (Å²) in [7, 11) is 0. The monoisotopic (exact) mass is 513 g/mol. The number of nitrogens with zero attached hydrogens (tertiary/aromatic N) is 2. The molecule has 4 aromatic rings. The van der Waals surface area contributed by atoms with Crippen LogP contribution in [-0.2, 0) is 4.79 Å². The number of thiophene rings is 1. The zero-order valence-corrected chi connectivity index (χ0v) is 21.5. The summed E-state index contributed by atoms with van der Waals surface area (Å²) in [6.07, 6.45) is 8.86. The number of hydrogen-bond donors (Lipinski definition) is 3. The number of carbonyl (C=O) groups excluding carboxylic acids is 1. The van der Waals surface area contributed by atoms with Crippen molar-refractivity contribution in [3.05, 3.63) is 77.8 Å². The van der Waals surface area contributed by atoms with E-state index in [1.54, 1.807) is 23.6 Å². The Balaban J connectivity index is 1.24. The molecule has 0 aliphatic carbocycles. The lowest BCUT2D eigenvalue weighted by atomic mass is 10.0. The van der Waals surface area contributed by atoms with Gasteiger partial charge in [-0.1, -0.05) is 36.8 Å². The van der Waals surface area contributed by atoms with Gasteiger partial charge in [-0.3, -0.25) is 10.2 Å². The number of nitrogens with one attached hydrogen (secondary N) is 2. The van der Waals surface area contributed by atoms with E-state index in [1.807, 2.05) is 54.6 Å². The summed E-state index contributed by atoms with van der Waals surface area (Å²) >= 11 is 1.59. The number of piperidine rings is 1. The highest BCUT2D eigenvalue weighted by molar-refractivity contribution is 7.18. The van der Waals surface area contributed by atoms with Crippen LogP contribution >= 0.6 is 11.3 Å². The number of anilines is 1. The van der Waals surface area contributed by atoms with Crippen LogP contribution in [-0.4, -0.2) is 42.0 Å². The first-order valence-electron chi connectivity index (χ1n) is 12.6. The Bertz CT molecular complexity index is 1360. The third-order valence-electron chi connectivity index (χ3n) is 6.42. The maximum Gasteiger partial charge on any atom is 0.258 e. The van der Waals surface area contributed by atoms with Gasteiger partial charge in [-0.15, -0.1) is 11.3 Å². The summed E-state index contributed by atoms with van der Waals surface area (Å²) in [5.74, 6) is 1.83. The topological polar surface area (TPSA) is 92.5 Å². The highest BCUT2D eigenvalue weighted by Crippen LogP contribution is 2.39. The van der Waals surface area contributed by atoms with Gasteiger partial charge >= 0.3 is 0 Å². The molecule has 7 nitrogen and oxygen atoms in total. The second kappa shape index (κ2) is 12.0. The number of hydrazine groups is 1. The van der Waals surface area contributed by atoms with E-state index in [1.165, 1.54) is 25.3 Å². The third kappa shape index (κ3) is 6.35. The highest BCUT2D eigenvalue weighted by atomic mass is 32.1. The molecule has 0 spiro atoms. The molecule has 0 radical (unpaired) electrons. The van der Waals surface area contributed by atoms with Gasteiger partial charge in [-0.25, -0.2) is 10.4 Å². The Morgan fingerprint density at radius 3 is 2.59 bits per heavy atom. The molecule has 0 saturated carbocycles. The number of hydrogen-bond acceptors (Lipinski definition) is 7. The van der Waals surface area contributed by atoms with Crippen LogP contribution in [0.4, 0.5) is 5.82 Å². The van der Waals surface area contributed by atoms with E-state index in [4.69, 9.17) is 10.5 Å². The van der Waals surface area contributed by atoms with Crippen molar-refractivity contribution in [3.63, 3.8) is 0 Å². The van der Waals surface area contributed by atoms with Gasteiger partial charge in [-0.05, 0) is 67.2 Å². The molecule has 1 saturated heterocycles. The fraction of sp³-hybridized carbons (Fsp3) is 0.241. The van der Waals surface area contributed by atoms with Crippen molar-refractivity contribution < 1.29 is 9.53 Å². The van der Waals surface area contributed by atoms with E-state index >= 15 is 0 Å². The Morgan fingerprint density at radius 1 is 1.05 bits per heavy atom. The molecule has 3 heterocycles.